The van der Waals surface area contributed by atoms with Gasteiger partial charge < -0.3 is 10.2 Å². The van der Waals surface area contributed by atoms with E-state index in [-0.39, 0.29) is 23.0 Å². The summed E-state index contributed by atoms with van der Waals surface area (Å²) in [6, 6.07) is 23.2. The first-order valence-electron chi connectivity index (χ1n) is 12.6. The largest absolute Gasteiger partial charge is 0.352 e. The first-order valence-corrected chi connectivity index (χ1v) is 12.6. The molecule has 1 spiro atoms. The summed E-state index contributed by atoms with van der Waals surface area (Å²) in [5.74, 6) is -2.37. The van der Waals surface area contributed by atoms with E-state index < -0.39 is 29.2 Å². The van der Waals surface area contributed by atoms with Gasteiger partial charge in [-0.3, -0.25) is 14.4 Å². The molecule has 1 amide bonds. The Kier molecular flexibility index (Phi) is 4.73. The zero-order chi connectivity index (χ0) is 26.2. The number of carbonyl (C=O) groups is 3. The highest BCUT2D eigenvalue weighted by molar-refractivity contribution is 6.17. The molecule has 4 aromatic rings. The molecule has 3 aliphatic heterocycles. The summed E-state index contributed by atoms with van der Waals surface area (Å²) in [5.41, 5.74) is 2.00. The second-order valence-corrected chi connectivity index (χ2v) is 10.2. The van der Waals surface area contributed by atoms with Crippen molar-refractivity contribution in [2.24, 2.45) is 5.92 Å². The van der Waals surface area contributed by atoms with Crippen LogP contribution in [0.2, 0.25) is 0 Å². The number of amides is 1. The second kappa shape index (κ2) is 7.96. The lowest BCUT2D eigenvalue weighted by Gasteiger charge is -2.38. The van der Waals surface area contributed by atoms with Crippen molar-refractivity contribution in [2.45, 2.75) is 24.4 Å². The van der Waals surface area contributed by atoms with E-state index in [1.807, 2.05) is 77.7 Å². The van der Waals surface area contributed by atoms with Gasteiger partial charge in [-0.2, -0.15) is 0 Å². The fourth-order valence-corrected chi connectivity index (χ4v) is 6.88. The molecule has 4 atom stereocenters. The van der Waals surface area contributed by atoms with E-state index in [1.54, 1.807) is 0 Å². The number of hydrogen-bond donors (Lipinski definition) is 1. The number of nitrogens with one attached hydrogen (secondary N) is 1. The second-order valence-electron chi connectivity index (χ2n) is 10.2. The predicted molar refractivity (Wildman–Crippen MR) is 145 cm³/mol. The van der Waals surface area contributed by atoms with Crippen molar-refractivity contribution in [1.29, 1.82) is 0 Å². The molecule has 0 aliphatic carbocycles. The van der Waals surface area contributed by atoms with Gasteiger partial charge in [0, 0.05) is 22.5 Å². The van der Waals surface area contributed by atoms with Crippen LogP contribution < -0.4 is 10.2 Å². The van der Waals surface area contributed by atoms with Crippen LogP contribution in [0.15, 0.2) is 91.0 Å². The van der Waals surface area contributed by atoms with Crippen molar-refractivity contribution in [1.82, 2.24) is 0 Å². The average Bonchev–Trinajstić information content (AvgIpc) is 3.41. The van der Waals surface area contributed by atoms with Crippen LogP contribution >= 0.6 is 0 Å². The maximum Gasteiger partial charge on any atom is 0.238 e. The smallest absolute Gasteiger partial charge is 0.238 e. The Hall–Kier alpha value is -4.58. The Balaban J connectivity index is 1.53. The van der Waals surface area contributed by atoms with E-state index in [4.69, 9.17) is 0 Å². The molecule has 7 rings (SSSR count). The van der Waals surface area contributed by atoms with Crippen molar-refractivity contribution in [3.63, 3.8) is 0 Å². The van der Waals surface area contributed by atoms with Crippen molar-refractivity contribution in [3.8, 4) is 0 Å². The van der Waals surface area contributed by atoms with Crippen LogP contribution in [0.1, 0.15) is 28.4 Å². The predicted octanol–water partition coefficient (Wildman–Crippen LogP) is 5.54. The van der Waals surface area contributed by atoms with Crippen molar-refractivity contribution >= 4 is 45.7 Å². The SMILES string of the molecule is CC(=O)C1C(C(=O)c2ccc(F)cc2)C2(C(=O)Nc3ccccc32)C2C=Cc3c(ccc4ccccc34)N12. The molecule has 0 aromatic heterocycles. The highest BCUT2D eigenvalue weighted by atomic mass is 19.1. The van der Waals surface area contributed by atoms with Crippen molar-refractivity contribution in [2.75, 3.05) is 10.2 Å². The molecule has 3 aliphatic rings. The summed E-state index contributed by atoms with van der Waals surface area (Å²) >= 11 is 0. The minimum Gasteiger partial charge on any atom is -0.352 e. The van der Waals surface area contributed by atoms with Crippen LogP contribution in [0, 0.1) is 11.7 Å². The molecule has 1 N–H and O–H groups in total. The molecule has 1 fully saturated rings. The lowest BCUT2D eigenvalue weighted by Crippen LogP contribution is -2.51. The number of benzene rings is 4. The Morgan fingerprint density at radius 1 is 0.921 bits per heavy atom. The summed E-state index contributed by atoms with van der Waals surface area (Å²) in [6.07, 6.45) is 3.97. The van der Waals surface area contributed by atoms with Gasteiger partial charge in [0.2, 0.25) is 5.91 Å². The monoisotopic (exact) mass is 502 g/mol. The molecule has 0 saturated carbocycles. The van der Waals surface area contributed by atoms with E-state index in [2.05, 4.69) is 5.32 Å². The van der Waals surface area contributed by atoms with E-state index in [0.717, 1.165) is 22.0 Å². The molecular formula is C32H23FN2O3. The third kappa shape index (κ3) is 2.83. The van der Waals surface area contributed by atoms with Crippen molar-refractivity contribution < 1.29 is 18.8 Å². The normalized spacial score (nSPS) is 24.7. The van der Waals surface area contributed by atoms with Gasteiger partial charge in [-0.1, -0.05) is 60.7 Å². The number of ketones is 2. The Morgan fingerprint density at radius 2 is 1.66 bits per heavy atom. The minimum atomic E-state index is -1.35. The Labute approximate surface area is 218 Å². The van der Waals surface area contributed by atoms with Gasteiger partial charge in [0.05, 0.1) is 18.0 Å². The van der Waals surface area contributed by atoms with Crippen LogP contribution in [0.3, 0.4) is 0 Å². The molecule has 38 heavy (non-hydrogen) atoms. The number of Topliss-reactive ketones (excluding diaryl/α,β-unsaturated/α-hetero) is 2. The van der Waals surface area contributed by atoms with Crippen LogP contribution in [0.5, 0.6) is 0 Å². The molecule has 1 saturated heterocycles. The quantitative estimate of drug-likeness (QED) is 0.374. The molecule has 5 nitrogen and oxygen atoms in total. The number of nitrogens with zero attached hydrogens (tertiary/aromatic N) is 1. The first-order chi connectivity index (χ1) is 18.4. The fourth-order valence-electron chi connectivity index (χ4n) is 6.88. The van der Waals surface area contributed by atoms with E-state index in [9.17, 15) is 18.8 Å². The molecule has 4 unspecified atom stereocenters. The molecule has 186 valence electrons. The van der Waals surface area contributed by atoms with Crippen LogP contribution in [-0.2, 0) is 15.0 Å². The first kappa shape index (κ1) is 22.6. The number of carbonyl (C=O) groups excluding carboxylic acids is 3. The summed E-state index contributed by atoms with van der Waals surface area (Å²) in [4.78, 5) is 44.0. The van der Waals surface area contributed by atoms with Crippen LogP contribution in [0.4, 0.5) is 15.8 Å². The Bertz CT molecular complexity index is 1710. The van der Waals surface area contributed by atoms with Gasteiger partial charge in [0.15, 0.2) is 11.6 Å². The molecule has 3 heterocycles. The summed E-state index contributed by atoms with van der Waals surface area (Å²) in [7, 11) is 0. The van der Waals surface area contributed by atoms with Gasteiger partial charge in [0.25, 0.3) is 0 Å². The number of anilines is 2. The lowest BCUT2D eigenvalue weighted by atomic mass is 9.64. The number of para-hydroxylation sites is 1. The summed E-state index contributed by atoms with van der Waals surface area (Å²) in [6.45, 7) is 1.48. The van der Waals surface area contributed by atoms with Crippen molar-refractivity contribution in [3.05, 3.63) is 114 Å². The molecule has 4 aromatic carbocycles. The van der Waals surface area contributed by atoms with E-state index in [1.165, 1.54) is 31.2 Å². The molecule has 6 heteroatoms. The van der Waals surface area contributed by atoms with Gasteiger partial charge >= 0.3 is 0 Å². The van der Waals surface area contributed by atoms with E-state index >= 15 is 0 Å². The Morgan fingerprint density at radius 3 is 2.45 bits per heavy atom. The molecular weight excluding hydrogens is 479 g/mol. The fraction of sp³-hybridized carbons (Fsp3) is 0.156. The number of rotatable bonds is 3. The minimum absolute atomic E-state index is 0.209. The average molecular weight is 503 g/mol. The topological polar surface area (TPSA) is 66.5 Å². The van der Waals surface area contributed by atoms with Gasteiger partial charge in [0.1, 0.15) is 11.2 Å². The van der Waals surface area contributed by atoms with Gasteiger partial charge in [-0.15, -0.1) is 0 Å². The highest BCUT2D eigenvalue weighted by Crippen LogP contribution is 2.58. The maximum atomic E-state index is 14.4. The zero-order valence-corrected chi connectivity index (χ0v) is 20.5. The number of hydrogen-bond acceptors (Lipinski definition) is 4. The summed E-state index contributed by atoms with van der Waals surface area (Å²) < 4.78 is 13.8. The highest BCUT2D eigenvalue weighted by Gasteiger charge is 2.69. The van der Waals surface area contributed by atoms with Crippen LogP contribution in [-0.4, -0.2) is 29.6 Å². The molecule has 0 bridgehead atoms. The third-order valence-electron chi connectivity index (χ3n) is 8.37. The lowest BCUT2D eigenvalue weighted by molar-refractivity contribution is -0.122. The molecule has 0 radical (unpaired) electrons. The summed E-state index contributed by atoms with van der Waals surface area (Å²) in [5, 5.41) is 5.09. The maximum absolute atomic E-state index is 14.4. The van der Waals surface area contributed by atoms with E-state index in [0.29, 0.717) is 11.3 Å². The number of fused-ring (bicyclic) bond motifs is 8. The van der Waals surface area contributed by atoms with Gasteiger partial charge in [-0.05, 0) is 59.7 Å². The number of halogens is 1. The van der Waals surface area contributed by atoms with Gasteiger partial charge in [-0.25, -0.2) is 4.39 Å². The van der Waals surface area contributed by atoms with Crippen LogP contribution in [0.25, 0.3) is 16.8 Å². The zero-order valence-electron chi connectivity index (χ0n) is 20.5. The standard InChI is InChI=1S/C32H23FN2O3/c1-18(36)29-28(30(37)20-10-13-21(33)14-11-20)32(24-8-4-5-9-25(24)34-31(32)38)27-17-15-23-22-7-3-2-6-19(22)12-16-26(23)35(27)29/h2-17,27-29H,1H3,(H,34,38). The third-order valence-corrected chi connectivity index (χ3v) is 8.37.